The van der Waals surface area contributed by atoms with Crippen molar-refractivity contribution in [1.82, 2.24) is 15.2 Å². The topological polar surface area (TPSA) is 71.5 Å². The summed E-state index contributed by atoms with van der Waals surface area (Å²) in [5, 5.41) is 5.03. The number of hydrogen-bond donors (Lipinski definition) is 1. The lowest BCUT2D eigenvalue weighted by molar-refractivity contribution is -0.132. The number of carbonyl (C=O) groups is 2. The summed E-state index contributed by atoms with van der Waals surface area (Å²) in [5.74, 6) is -0.388. The number of rotatable bonds is 8. The smallest absolute Gasteiger partial charge is 0.271 e. The van der Waals surface area contributed by atoms with Crippen LogP contribution in [0.2, 0.25) is 0 Å². The maximum absolute atomic E-state index is 13.6. The third-order valence-corrected chi connectivity index (χ3v) is 7.47. The first-order valence-corrected chi connectivity index (χ1v) is 13.6. The van der Waals surface area contributed by atoms with Gasteiger partial charge in [0.05, 0.1) is 6.04 Å². The highest BCUT2D eigenvalue weighted by molar-refractivity contribution is 7.09. The molecule has 2 heterocycles. The monoisotopic (exact) mass is 547 g/mol. The number of hydrogen-bond acceptors (Lipinski definition) is 5. The van der Waals surface area contributed by atoms with Gasteiger partial charge in [-0.3, -0.25) is 9.59 Å². The predicted octanol–water partition coefficient (Wildman–Crippen LogP) is 5.81. The van der Waals surface area contributed by atoms with E-state index in [0.717, 1.165) is 23.1 Å². The van der Waals surface area contributed by atoms with Gasteiger partial charge < -0.3 is 15.0 Å². The predicted molar refractivity (Wildman–Crippen MR) is 144 cm³/mol. The van der Waals surface area contributed by atoms with E-state index in [1.54, 1.807) is 29.6 Å². The molecule has 1 aromatic heterocycles. The number of carbonyl (C=O) groups excluding carboxylic acids is 2. The Morgan fingerprint density at radius 3 is 2.67 bits per heavy atom. The number of fused-ring (bicyclic) bond motifs is 1. The lowest BCUT2D eigenvalue weighted by Gasteiger charge is -2.38. The zero-order chi connectivity index (χ0) is 27.4. The summed E-state index contributed by atoms with van der Waals surface area (Å²) in [6, 6.07) is 17.8. The number of aromatic nitrogens is 1. The van der Waals surface area contributed by atoms with Crippen molar-refractivity contribution in [2.24, 2.45) is 0 Å². The van der Waals surface area contributed by atoms with E-state index in [-0.39, 0.29) is 48.3 Å². The fraction of sp³-hybridized carbons (Fsp3) is 0.233. The SMILES string of the molecule is CCC(=O)N1CCc2ccc(OCc3nc(C(=O)NCc4cccc(F)c4)cs3)cc2C1c1ccc(F)cc1. The van der Waals surface area contributed by atoms with Crippen molar-refractivity contribution in [2.75, 3.05) is 6.54 Å². The molecule has 0 radical (unpaired) electrons. The van der Waals surface area contributed by atoms with Crippen LogP contribution in [-0.2, 0) is 24.4 Å². The number of nitrogens with zero attached hydrogens (tertiary/aromatic N) is 2. The van der Waals surface area contributed by atoms with Gasteiger partial charge in [0.15, 0.2) is 0 Å². The standard InChI is InChI=1S/C30H27F2N3O3S/c1-2-28(36)35-13-12-20-8-11-24(15-25(20)29(35)21-6-9-22(31)10-7-21)38-17-27-34-26(18-39-27)30(37)33-16-19-4-3-5-23(32)14-19/h3-11,14-15,18,29H,2,12-13,16-17H2,1H3,(H,33,37). The molecule has 4 aromatic rings. The Morgan fingerprint density at radius 1 is 1.08 bits per heavy atom. The minimum atomic E-state index is -0.356. The molecule has 0 bridgehead atoms. The van der Waals surface area contributed by atoms with Crippen molar-refractivity contribution in [3.63, 3.8) is 0 Å². The Morgan fingerprint density at radius 2 is 1.90 bits per heavy atom. The molecule has 0 spiro atoms. The summed E-state index contributed by atoms with van der Waals surface area (Å²) in [4.78, 5) is 31.5. The lowest BCUT2D eigenvalue weighted by Crippen LogP contribution is -2.40. The van der Waals surface area contributed by atoms with Crippen molar-refractivity contribution < 1.29 is 23.1 Å². The number of thiazole rings is 1. The summed E-state index contributed by atoms with van der Waals surface area (Å²) < 4.78 is 33.0. The second-order valence-corrected chi connectivity index (χ2v) is 10.2. The number of benzene rings is 3. The molecule has 1 unspecified atom stereocenters. The Labute approximate surface area is 229 Å². The van der Waals surface area contributed by atoms with Crippen LogP contribution in [0.5, 0.6) is 5.75 Å². The lowest BCUT2D eigenvalue weighted by atomic mass is 9.87. The zero-order valence-electron chi connectivity index (χ0n) is 21.3. The molecule has 1 aliphatic rings. The molecule has 39 heavy (non-hydrogen) atoms. The molecule has 9 heteroatoms. The van der Waals surface area contributed by atoms with Gasteiger partial charge in [-0.05, 0) is 65.1 Å². The largest absolute Gasteiger partial charge is 0.486 e. The van der Waals surface area contributed by atoms with Gasteiger partial charge in [0.1, 0.15) is 34.7 Å². The third-order valence-electron chi connectivity index (χ3n) is 6.64. The minimum absolute atomic E-state index is 0.0345. The van der Waals surface area contributed by atoms with Crippen molar-refractivity contribution in [2.45, 2.75) is 39.0 Å². The van der Waals surface area contributed by atoms with E-state index in [2.05, 4.69) is 10.3 Å². The van der Waals surface area contributed by atoms with Crippen LogP contribution < -0.4 is 10.1 Å². The Kier molecular flexibility index (Phi) is 7.97. The molecule has 0 aliphatic carbocycles. The Hall–Kier alpha value is -4.11. The van der Waals surface area contributed by atoms with Crippen LogP contribution in [0, 0.1) is 11.6 Å². The van der Waals surface area contributed by atoms with E-state index < -0.39 is 0 Å². The summed E-state index contributed by atoms with van der Waals surface area (Å²) >= 11 is 1.31. The van der Waals surface area contributed by atoms with E-state index in [1.807, 2.05) is 30.0 Å². The number of ether oxygens (including phenoxy) is 1. The second-order valence-electron chi connectivity index (χ2n) is 9.23. The first-order chi connectivity index (χ1) is 18.9. The zero-order valence-corrected chi connectivity index (χ0v) is 22.1. The van der Waals surface area contributed by atoms with Gasteiger partial charge in [-0.15, -0.1) is 11.3 Å². The second kappa shape index (κ2) is 11.7. The van der Waals surface area contributed by atoms with Crippen LogP contribution in [0.15, 0.2) is 72.1 Å². The molecular weight excluding hydrogens is 520 g/mol. The minimum Gasteiger partial charge on any atom is -0.486 e. The van der Waals surface area contributed by atoms with Crippen LogP contribution >= 0.6 is 11.3 Å². The van der Waals surface area contributed by atoms with E-state index in [9.17, 15) is 18.4 Å². The van der Waals surface area contributed by atoms with Gasteiger partial charge in [0, 0.05) is 24.9 Å². The summed E-state index contributed by atoms with van der Waals surface area (Å²) in [6.45, 7) is 2.79. The first-order valence-electron chi connectivity index (χ1n) is 12.7. The highest BCUT2D eigenvalue weighted by atomic mass is 32.1. The average molecular weight is 548 g/mol. The van der Waals surface area contributed by atoms with Crippen LogP contribution in [0.4, 0.5) is 8.78 Å². The molecule has 0 fully saturated rings. The molecule has 1 N–H and O–H groups in total. The number of amides is 2. The maximum atomic E-state index is 13.6. The maximum Gasteiger partial charge on any atom is 0.271 e. The third kappa shape index (κ3) is 6.15. The molecule has 200 valence electrons. The molecule has 1 atom stereocenters. The van der Waals surface area contributed by atoms with Crippen LogP contribution in [0.3, 0.4) is 0 Å². The van der Waals surface area contributed by atoms with Crippen LogP contribution in [0.1, 0.15) is 57.1 Å². The van der Waals surface area contributed by atoms with Gasteiger partial charge in [-0.1, -0.05) is 37.3 Å². The van der Waals surface area contributed by atoms with Gasteiger partial charge in [-0.25, -0.2) is 13.8 Å². The first kappa shape index (κ1) is 26.5. The quantitative estimate of drug-likeness (QED) is 0.302. The highest BCUT2D eigenvalue weighted by Gasteiger charge is 2.31. The van der Waals surface area contributed by atoms with Gasteiger partial charge in [-0.2, -0.15) is 0 Å². The molecule has 5 rings (SSSR count). The number of nitrogens with one attached hydrogen (secondary N) is 1. The van der Waals surface area contributed by atoms with E-state index >= 15 is 0 Å². The van der Waals surface area contributed by atoms with E-state index in [4.69, 9.17) is 4.74 Å². The van der Waals surface area contributed by atoms with Crippen LogP contribution in [0.25, 0.3) is 0 Å². The molecule has 0 saturated carbocycles. The summed E-state index contributed by atoms with van der Waals surface area (Å²) in [7, 11) is 0. The van der Waals surface area contributed by atoms with Gasteiger partial charge >= 0.3 is 0 Å². The molecule has 2 amide bonds. The Bertz CT molecular complexity index is 1490. The molecule has 3 aromatic carbocycles. The van der Waals surface area contributed by atoms with E-state index in [1.165, 1.54) is 35.6 Å². The van der Waals surface area contributed by atoms with Crippen molar-refractivity contribution >= 4 is 23.2 Å². The summed E-state index contributed by atoms with van der Waals surface area (Å²) in [6.07, 6.45) is 1.10. The Balaban J connectivity index is 1.29. The molecule has 1 aliphatic heterocycles. The van der Waals surface area contributed by atoms with Crippen molar-refractivity contribution in [1.29, 1.82) is 0 Å². The van der Waals surface area contributed by atoms with Gasteiger partial charge in [0.2, 0.25) is 5.91 Å². The molecule has 6 nitrogen and oxygen atoms in total. The summed E-state index contributed by atoms with van der Waals surface area (Å²) in [5.41, 5.74) is 3.83. The van der Waals surface area contributed by atoms with E-state index in [0.29, 0.717) is 29.3 Å². The average Bonchev–Trinajstić information content (AvgIpc) is 3.43. The fourth-order valence-corrected chi connectivity index (χ4v) is 5.39. The van der Waals surface area contributed by atoms with Crippen molar-refractivity contribution in [3.8, 4) is 5.75 Å². The molecular formula is C30H27F2N3O3S. The normalized spacial score (nSPS) is 14.5. The van der Waals surface area contributed by atoms with Crippen LogP contribution in [-0.4, -0.2) is 28.2 Å². The number of halogens is 2. The fourth-order valence-electron chi connectivity index (χ4n) is 4.71. The highest BCUT2D eigenvalue weighted by Crippen LogP contribution is 2.37. The molecule has 0 saturated heterocycles. The van der Waals surface area contributed by atoms with Gasteiger partial charge in [0.25, 0.3) is 5.91 Å². The van der Waals surface area contributed by atoms with Crippen molar-refractivity contribution in [3.05, 3.63) is 117 Å².